The molecule has 0 unspecified atom stereocenters. The largest absolute Gasteiger partial charge is 0.465 e. The predicted octanol–water partition coefficient (Wildman–Crippen LogP) is 5.72. The molecule has 1 saturated heterocycles. The van der Waals surface area contributed by atoms with Gasteiger partial charge in [-0.05, 0) is 66.4 Å². The van der Waals surface area contributed by atoms with Gasteiger partial charge in [0, 0.05) is 22.3 Å². The lowest BCUT2D eigenvalue weighted by Gasteiger charge is -2.13. The Labute approximate surface area is 213 Å². The molecule has 178 valence electrons. The maximum absolute atomic E-state index is 12.8. The summed E-state index contributed by atoms with van der Waals surface area (Å²) in [6.45, 7) is -0.508. The second-order valence-corrected chi connectivity index (χ2v) is 9.05. The predicted molar refractivity (Wildman–Crippen MR) is 133 cm³/mol. The van der Waals surface area contributed by atoms with Crippen LogP contribution in [-0.2, 0) is 14.3 Å². The van der Waals surface area contributed by atoms with Crippen molar-refractivity contribution < 1.29 is 28.3 Å². The number of amides is 3. The fourth-order valence-corrected chi connectivity index (χ4v) is 4.32. The summed E-state index contributed by atoms with van der Waals surface area (Å²) in [5, 5.41) is 2.70. The van der Waals surface area contributed by atoms with E-state index in [1.54, 1.807) is 36.4 Å². The summed E-state index contributed by atoms with van der Waals surface area (Å²) in [4.78, 5) is 50.3. The summed E-state index contributed by atoms with van der Waals surface area (Å²) in [6, 6.07) is 14.7. The average Bonchev–Trinajstić information content (AvgIpc) is 3.40. The second kappa shape index (κ2) is 10.4. The normalized spacial score (nSPS) is 14.5. The fraction of sp³-hybridized carbons (Fsp3) is 0.0833. The minimum atomic E-state index is -0.667. The molecule has 2 aromatic carbocycles. The molecule has 4 rings (SSSR count). The van der Waals surface area contributed by atoms with E-state index in [9.17, 15) is 19.2 Å². The zero-order valence-electron chi connectivity index (χ0n) is 18.0. The molecule has 3 amide bonds. The molecule has 35 heavy (non-hydrogen) atoms. The third-order valence-corrected chi connectivity index (χ3v) is 6.35. The standard InChI is InChI=1S/C24H16Cl2N2O6S/c1-33-23(31)17-10-15(6-8-18(17)26)27-21(29)12-28-22(30)20(35-24(28)32)11-16-7-9-19(34-16)13-2-4-14(25)5-3-13/h2-11H,12H2,1H3,(H,27,29)/b20-11+. The Morgan fingerprint density at radius 2 is 1.83 bits per heavy atom. The first-order valence-corrected chi connectivity index (χ1v) is 11.6. The zero-order valence-corrected chi connectivity index (χ0v) is 20.4. The SMILES string of the molecule is COC(=O)c1cc(NC(=O)CN2C(=O)S/C(=C/c3ccc(-c4ccc(Cl)cc4)o3)C2=O)ccc1Cl. The number of hydrogen-bond donors (Lipinski definition) is 1. The third-order valence-electron chi connectivity index (χ3n) is 4.86. The van der Waals surface area contributed by atoms with E-state index in [2.05, 4.69) is 10.1 Å². The van der Waals surface area contributed by atoms with Crippen LogP contribution in [0.5, 0.6) is 0 Å². The molecule has 1 N–H and O–H groups in total. The quantitative estimate of drug-likeness (QED) is 0.321. The Hall–Kier alpha value is -3.53. The van der Waals surface area contributed by atoms with Gasteiger partial charge in [-0.15, -0.1) is 0 Å². The highest BCUT2D eigenvalue weighted by Crippen LogP contribution is 2.33. The topological polar surface area (TPSA) is 106 Å². The lowest BCUT2D eigenvalue weighted by molar-refractivity contribution is -0.127. The van der Waals surface area contributed by atoms with Crippen molar-refractivity contribution in [2.45, 2.75) is 0 Å². The number of imide groups is 1. The number of thioether (sulfide) groups is 1. The highest BCUT2D eigenvalue weighted by molar-refractivity contribution is 8.18. The smallest absolute Gasteiger partial charge is 0.339 e. The molecule has 0 saturated carbocycles. The van der Waals surface area contributed by atoms with Gasteiger partial charge in [0.05, 0.1) is 22.6 Å². The first-order valence-electron chi connectivity index (χ1n) is 10.0. The Kier molecular flexibility index (Phi) is 7.30. The number of benzene rings is 2. The van der Waals surface area contributed by atoms with Gasteiger partial charge in [0.25, 0.3) is 11.1 Å². The number of hydrogen-bond acceptors (Lipinski definition) is 7. The third kappa shape index (κ3) is 5.59. The van der Waals surface area contributed by atoms with Crippen molar-refractivity contribution >= 4 is 69.8 Å². The molecule has 0 atom stereocenters. The molecule has 1 aliphatic heterocycles. The van der Waals surface area contributed by atoms with E-state index >= 15 is 0 Å². The van der Waals surface area contributed by atoms with Crippen molar-refractivity contribution in [3.8, 4) is 11.3 Å². The van der Waals surface area contributed by atoms with Gasteiger partial charge in [0.1, 0.15) is 18.1 Å². The number of ether oxygens (including phenoxy) is 1. The number of rotatable bonds is 6. The maximum Gasteiger partial charge on any atom is 0.339 e. The molecule has 0 radical (unpaired) electrons. The van der Waals surface area contributed by atoms with Crippen LogP contribution in [-0.4, -0.2) is 41.6 Å². The summed E-state index contributed by atoms with van der Waals surface area (Å²) < 4.78 is 10.4. The summed E-state index contributed by atoms with van der Waals surface area (Å²) in [7, 11) is 1.21. The maximum atomic E-state index is 12.8. The van der Waals surface area contributed by atoms with Gasteiger partial charge in [0.2, 0.25) is 5.91 Å². The summed E-state index contributed by atoms with van der Waals surface area (Å²) in [5.74, 6) is -0.970. The number of furan rings is 1. The van der Waals surface area contributed by atoms with Gasteiger partial charge < -0.3 is 14.5 Å². The van der Waals surface area contributed by atoms with Crippen molar-refractivity contribution in [1.82, 2.24) is 4.90 Å². The summed E-state index contributed by atoms with van der Waals surface area (Å²) in [6.07, 6.45) is 1.45. The van der Waals surface area contributed by atoms with Gasteiger partial charge in [0.15, 0.2) is 0 Å². The minimum Gasteiger partial charge on any atom is -0.465 e. The van der Waals surface area contributed by atoms with Gasteiger partial charge in [-0.1, -0.05) is 23.2 Å². The van der Waals surface area contributed by atoms with Gasteiger partial charge in [-0.25, -0.2) is 4.79 Å². The van der Waals surface area contributed by atoms with E-state index in [0.717, 1.165) is 10.5 Å². The van der Waals surface area contributed by atoms with E-state index in [1.807, 2.05) is 0 Å². The van der Waals surface area contributed by atoms with Crippen LogP contribution in [0.4, 0.5) is 10.5 Å². The average molecular weight is 531 g/mol. The number of anilines is 1. The number of halogens is 2. The lowest BCUT2D eigenvalue weighted by Crippen LogP contribution is -2.36. The highest BCUT2D eigenvalue weighted by atomic mass is 35.5. The molecule has 8 nitrogen and oxygen atoms in total. The lowest BCUT2D eigenvalue weighted by atomic mass is 10.2. The van der Waals surface area contributed by atoms with Crippen LogP contribution in [0.25, 0.3) is 17.4 Å². The Morgan fingerprint density at radius 3 is 2.54 bits per heavy atom. The molecule has 3 aromatic rings. The van der Waals surface area contributed by atoms with Crippen LogP contribution in [0, 0.1) is 0 Å². The highest BCUT2D eigenvalue weighted by Gasteiger charge is 2.36. The van der Waals surface area contributed by atoms with Crippen LogP contribution in [0.3, 0.4) is 0 Å². The van der Waals surface area contributed by atoms with E-state index in [1.165, 1.54) is 31.4 Å². The molecule has 0 aliphatic carbocycles. The van der Waals surface area contributed by atoms with Crippen LogP contribution in [0.2, 0.25) is 10.0 Å². The van der Waals surface area contributed by atoms with Gasteiger partial charge in [-0.2, -0.15) is 0 Å². The number of carbonyl (C=O) groups excluding carboxylic acids is 4. The van der Waals surface area contributed by atoms with E-state index in [-0.39, 0.29) is 21.2 Å². The zero-order chi connectivity index (χ0) is 25.1. The first-order chi connectivity index (χ1) is 16.7. The van der Waals surface area contributed by atoms with Gasteiger partial charge in [-0.3, -0.25) is 19.3 Å². The Morgan fingerprint density at radius 1 is 1.09 bits per heavy atom. The Balaban J connectivity index is 1.44. The summed E-state index contributed by atoms with van der Waals surface area (Å²) in [5.41, 5.74) is 1.13. The molecule has 1 aliphatic rings. The van der Waals surface area contributed by atoms with Crippen LogP contribution in [0.1, 0.15) is 16.1 Å². The second-order valence-electron chi connectivity index (χ2n) is 7.21. The van der Waals surface area contributed by atoms with Gasteiger partial charge >= 0.3 is 5.97 Å². The van der Waals surface area contributed by atoms with E-state index < -0.39 is 29.6 Å². The van der Waals surface area contributed by atoms with Crippen molar-refractivity contribution in [2.75, 3.05) is 19.0 Å². The number of nitrogens with zero attached hydrogens (tertiary/aromatic N) is 1. The Bertz CT molecular complexity index is 1370. The van der Waals surface area contributed by atoms with E-state index in [4.69, 9.17) is 27.6 Å². The molecule has 0 spiro atoms. The fourth-order valence-electron chi connectivity index (χ4n) is 3.18. The van der Waals surface area contributed by atoms with Crippen molar-refractivity contribution in [3.63, 3.8) is 0 Å². The molecule has 11 heteroatoms. The minimum absolute atomic E-state index is 0.0671. The number of nitrogens with one attached hydrogen (secondary N) is 1. The van der Waals surface area contributed by atoms with Crippen molar-refractivity contribution in [1.29, 1.82) is 0 Å². The van der Waals surface area contributed by atoms with Crippen molar-refractivity contribution in [2.24, 2.45) is 0 Å². The molecule has 2 heterocycles. The summed E-state index contributed by atoms with van der Waals surface area (Å²) >= 11 is 12.6. The van der Waals surface area contributed by atoms with Crippen molar-refractivity contribution in [3.05, 3.63) is 80.9 Å². The molecule has 1 fully saturated rings. The monoisotopic (exact) mass is 530 g/mol. The number of carbonyl (C=O) groups is 4. The van der Waals surface area contributed by atoms with Crippen LogP contribution >= 0.6 is 35.0 Å². The van der Waals surface area contributed by atoms with Crippen LogP contribution < -0.4 is 5.32 Å². The van der Waals surface area contributed by atoms with Crippen LogP contribution in [0.15, 0.2) is 63.9 Å². The van der Waals surface area contributed by atoms with E-state index in [0.29, 0.717) is 28.3 Å². The number of esters is 1. The molecular formula is C24H16Cl2N2O6S. The first kappa shape index (κ1) is 24.6. The molecule has 1 aromatic heterocycles. The number of methoxy groups -OCH3 is 1. The molecule has 0 bridgehead atoms. The molecular weight excluding hydrogens is 515 g/mol.